The van der Waals surface area contributed by atoms with Crippen LogP contribution in [0.5, 0.6) is 0 Å². The maximum atomic E-state index is 4.20. The first kappa shape index (κ1) is 13.9. The Bertz CT molecular complexity index is 746. The summed E-state index contributed by atoms with van der Waals surface area (Å²) in [5.41, 5.74) is 6.09. The second-order valence-electron chi connectivity index (χ2n) is 4.84. The lowest BCUT2D eigenvalue weighted by Crippen LogP contribution is -2.04. The van der Waals surface area contributed by atoms with Gasteiger partial charge in [0.05, 0.1) is 11.4 Å². The van der Waals surface area contributed by atoms with E-state index in [1.165, 1.54) is 5.56 Å². The number of hydrazone groups is 1. The molecule has 0 aliphatic heterocycles. The summed E-state index contributed by atoms with van der Waals surface area (Å²) < 4.78 is 1.71. The van der Waals surface area contributed by atoms with Gasteiger partial charge in [0.1, 0.15) is 0 Å². The van der Waals surface area contributed by atoms with E-state index in [1.54, 1.807) is 10.9 Å². The van der Waals surface area contributed by atoms with Crippen LogP contribution in [0.15, 0.2) is 59.7 Å². The maximum absolute atomic E-state index is 4.20. The molecule has 0 amide bonds. The summed E-state index contributed by atoms with van der Waals surface area (Å²) in [6, 6.07) is 17.8. The molecule has 0 spiro atoms. The average Bonchev–Trinajstić information content (AvgIpc) is 3.02. The number of aryl methyl sites for hydroxylation is 1. The average molecular weight is 292 g/mol. The number of para-hydroxylation sites is 1. The van der Waals surface area contributed by atoms with Gasteiger partial charge in [-0.25, -0.2) is 0 Å². The molecule has 0 atom stereocenters. The van der Waals surface area contributed by atoms with E-state index < -0.39 is 0 Å². The Balaban J connectivity index is 1.64. The van der Waals surface area contributed by atoms with Crippen LogP contribution in [0, 0.1) is 6.92 Å². The minimum atomic E-state index is 0.542. The fraction of sp³-hybridized carbons (Fsp3) is 0.125. The molecule has 3 aromatic rings. The van der Waals surface area contributed by atoms with Gasteiger partial charge in [0.2, 0.25) is 0 Å². The molecule has 1 N–H and O–H groups in total. The molecule has 0 saturated carbocycles. The van der Waals surface area contributed by atoms with E-state index in [9.17, 15) is 0 Å². The summed E-state index contributed by atoms with van der Waals surface area (Å²) in [6.07, 6.45) is 2.30. The quantitative estimate of drug-likeness (QED) is 0.580. The Hall–Kier alpha value is -3.02. The van der Waals surface area contributed by atoms with Crippen molar-refractivity contribution in [1.82, 2.24) is 20.2 Å². The van der Waals surface area contributed by atoms with Gasteiger partial charge in [-0.3, -0.25) is 5.43 Å². The molecule has 0 fully saturated rings. The number of hydrogen-bond acceptors (Lipinski definition) is 5. The van der Waals surface area contributed by atoms with E-state index >= 15 is 0 Å². The summed E-state index contributed by atoms with van der Waals surface area (Å²) in [6.45, 7) is 2.05. The Morgan fingerprint density at radius 1 is 1.09 bits per heavy atom. The molecule has 1 heterocycles. The number of tetrazole rings is 1. The standard InChI is InChI=1S/C16H16N6/c1-13-7-9-14(10-8-13)18-17-12-11-16-19-20-21-22(16)15-5-3-2-4-6-15/h2-10,12,18H,11H2,1H3/b17-12+. The van der Waals surface area contributed by atoms with E-state index in [1.807, 2.05) is 54.6 Å². The third kappa shape index (κ3) is 3.35. The van der Waals surface area contributed by atoms with Crippen LogP contribution >= 0.6 is 0 Å². The normalized spacial score (nSPS) is 11.0. The van der Waals surface area contributed by atoms with Crippen molar-refractivity contribution < 1.29 is 0 Å². The molecule has 3 rings (SSSR count). The SMILES string of the molecule is Cc1ccc(N/N=C/Cc2nnnn2-c2ccccc2)cc1. The zero-order chi connectivity index (χ0) is 15.2. The van der Waals surface area contributed by atoms with Crippen molar-refractivity contribution >= 4 is 11.9 Å². The first-order valence-electron chi connectivity index (χ1n) is 7.00. The van der Waals surface area contributed by atoms with Crippen molar-refractivity contribution in [2.45, 2.75) is 13.3 Å². The van der Waals surface area contributed by atoms with Crippen LogP contribution in [-0.4, -0.2) is 26.4 Å². The third-order valence-corrected chi connectivity index (χ3v) is 3.15. The third-order valence-electron chi connectivity index (χ3n) is 3.15. The summed E-state index contributed by atoms with van der Waals surface area (Å²) in [4.78, 5) is 0. The number of benzene rings is 2. The topological polar surface area (TPSA) is 68.0 Å². The molecule has 0 radical (unpaired) electrons. The van der Waals surface area contributed by atoms with Gasteiger partial charge in [0.25, 0.3) is 0 Å². The largest absolute Gasteiger partial charge is 0.279 e. The lowest BCUT2D eigenvalue weighted by Gasteiger charge is -2.02. The van der Waals surface area contributed by atoms with E-state index in [2.05, 4.69) is 33.0 Å². The fourth-order valence-electron chi connectivity index (χ4n) is 1.98. The minimum absolute atomic E-state index is 0.542. The number of rotatable bonds is 5. The molecule has 0 aliphatic carbocycles. The first-order chi connectivity index (χ1) is 10.8. The van der Waals surface area contributed by atoms with Crippen LogP contribution < -0.4 is 5.43 Å². The second-order valence-corrected chi connectivity index (χ2v) is 4.84. The highest BCUT2D eigenvalue weighted by Crippen LogP contribution is 2.09. The van der Waals surface area contributed by atoms with Crippen LogP contribution in [-0.2, 0) is 6.42 Å². The molecule has 0 aliphatic rings. The molecule has 1 aromatic heterocycles. The Labute approximate surface area is 128 Å². The lowest BCUT2D eigenvalue weighted by molar-refractivity contribution is 0.776. The Morgan fingerprint density at radius 2 is 1.86 bits per heavy atom. The Morgan fingerprint density at radius 3 is 2.64 bits per heavy atom. The smallest absolute Gasteiger partial charge is 0.162 e. The van der Waals surface area contributed by atoms with Crippen molar-refractivity contribution in [3.05, 3.63) is 66.0 Å². The maximum Gasteiger partial charge on any atom is 0.162 e. The van der Waals surface area contributed by atoms with Gasteiger partial charge in [-0.05, 0) is 41.6 Å². The summed E-state index contributed by atoms with van der Waals surface area (Å²) in [5, 5.41) is 16.0. The van der Waals surface area contributed by atoms with Crippen molar-refractivity contribution in [1.29, 1.82) is 0 Å². The van der Waals surface area contributed by atoms with Crippen LogP contribution in [0.2, 0.25) is 0 Å². The van der Waals surface area contributed by atoms with Gasteiger partial charge in [0.15, 0.2) is 5.82 Å². The van der Waals surface area contributed by atoms with Crippen LogP contribution in [0.4, 0.5) is 5.69 Å². The molecule has 0 saturated heterocycles. The van der Waals surface area contributed by atoms with Gasteiger partial charge in [-0.1, -0.05) is 35.9 Å². The highest BCUT2D eigenvalue weighted by molar-refractivity contribution is 5.62. The molecular weight excluding hydrogens is 276 g/mol. The van der Waals surface area contributed by atoms with E-state index in [4.69, 9.17) is 0 Å². The number of nitrogens with one attached hydrogen (secondary N) is 1. The fourth-order valence-corrected chi connectivity index (χ4v) is 1.98. The van der Waals surface area contributed by atoms with Crippen LogP contribution in [0.3, 0.4) is 0 Å². The van der Waals surface area contributed by atoms with Crippen molar-refractivity contribution in [2.24, 2.45) is 5.10 Å². The van der Waals surface area contributed by atoms with Gasteiger partial charge in [-0.15, -0.1) is 5.10 Å². The summed E-state index contributed by atoms with van der Waals surface area (Å²) in [5.74, 6) is 0.737. The first-order valence-corrected chi connectivity index (χ1v) is 7.00. The van der Waals surface area contributed by atoms with E-state index in [0.717, 1.165) is 17.2 Å². The number of nitrogens with zero attached hydrogens (tertiary/aromatic N) is 5. The molecule has 0 unspecified atom stereocenters. The highest BCUT2D eigenvalue weighted by Gasteiger charge is 2.05. The van der Waals surface area contributed by atoms with Crippen LogP contribution in [0.1, 0.15) is 11.4 Å². The molecule has 6 heteroatoms. The van der Waals surface area contributed by atoms with Gasteiger partial charge >= 0.3 is 0 Å². The molecule has 22 heavy (non-hydrogen) atoms. The molecule has 0 bridgehead atoms. The van der Waals surface area contributed by atoms with E-state index in [-0.39, 0.29) is 0 Å². The number of hydrogen-bond donors (Lipinski definition) is 1. The van der Waals surface area contributed by atoms with Crippen molar-refractivity contribution in [3.63, 3.8) is 0 Å². The monoisotopic (exact) mass is 292 g/mol. The lowest BCUT2D eigenvalue weighted by atomic mass is 10.2. The second kappa shape index (κ2) is 6.62. The molecule has 2 aromatic carbocycles. The molecule has 6 nitrogen and oxygen atoms in total. The van der Waals surface area contributed by atoms with Crippen molar-refractivity contribution in [2.75, 3.05) is 5.43 Å². The zero-order valence-electron chi connectivity index (χ0n) is 12.2. The van der Waals surface area contributed by atoms with Gasteiger partial charge in [-0.2, -0.15) is 9.78 Å². The Kier molecular flexibility index (Phi) is 4.20. The van der Waals surface area contributed by atoms with Crippen LogP contribution in [0.25, 0.3) is 5.69 Å². The predicted octanol–water partition coefficient (Wildman–Crippen LogP) is 2.61. The van der Waals surface area contributed by atoms with Gasteiger partial charge < -0.3 is 0 Å². The highest BCUT2D eigenvalue weighted by atomic mass is 15.5. The number of aromatic nitrogens is 4. The number of anilines is 1. The summed E-state index contributed by atoms with van der Waals surface area (Å²) >= 11 is 0. The molecular formula is C16H16N6. The van der Waals surface area contributed by atoms with Gasteiger partial charge in [0, 0.05) is 12.6 Å². The molecule has 110 valence electrons. The minimum Gasteiger partial charge on any atom is -0.279 e. The zero-order valence-corrected chi connectivity index (χ0v) is 12.2. The predicted molar refractivity (Wildman–Crippen MR) is 86.2 cm³/mol. The summed E-state index contributed by atoms with van der Waals surface area (Å²) in [7, 11) is 0. The van der Waals surface area contributed by atoms with E-state index in [0.29, 0.717) is 6.42 Å². The van der Waals surface area contributed by atoms with Crippen molar-refractivity contribution in [3.8, 4) is 5.69 Å².